The maximum Gasteiger partial charge on any atom is 0.377 e. The lowest BCUT2D eigenvalue weighted by Crippen LogP contribution is -2.13. The smallest absolute Gasteiger partial charge is 0.377 e. The number of carbonyl (C=O) groups excluding carboxylic acids is 1. The number of rotatable bonds is 3. The van der Waals surface area contributed by atoms with Gasteiger partial charge in [-0.2, -0.15) is 0 Å². The Labute approximate surface area is 114 Å². The molecule has 4 nitrogen and oxygen atoms in total. The molecule has 0 aliphatic carbocycles. The van der Waals surface area contributed by atoms with Crippen LogP contribution in [0.2, 0.25) is 0 Å². The van der Waals surface area contributed by atoms with Gasteiger partial charge >= 0.3 is 5.97 Å². The molecule has 2 N–H and O–H groups in total. The number of ketones is 1. The highest BCUT2D eigenvalue weighted by molar-refractivity contribution is 6.43. The first kappa shape index (κ1) is 12.2. The summed E-state index contributed by atoms with van der Waals surface area (Å²) in [5, 5.41) is 9.65. The van der Waals surface area contributed by atoms with Crippen LogP contribution < -0.4 is 0 Å². The van der Waals surface area contributed by atoms with E-state index >= 15 is 0 Å². The molecule has 0 atom stereocenters. The van der Waals surface area contributed by atoms with Crippen LogP contribution in [0.4, 0.5) is 0 Å². The number of H-pyrrole nitrogens is 1. The molecule has 98 valence electrons. The molecule has 0 spiro atoms. The first-order valence-corrected chi connectivity index (χ1v) is 6.12. The van der Waals surface area contributed by atoms with Gasteiger partial charge in [-0.1, -0.05) is 48.5 Å². The summed E-state index contributed by atoms with van der Waals surface area (Å²) in [6.45, 7) is 0. The number of nitrogens with one attached hydrogen (secondary N) is 1. The summed E-state index contributed by atoms with van der Waals surface area (Å²) in [6.07, 6.45) is 0. The highest BCUT2D eigenvalue weighted by atomic mass is 16.4. The molecule has 0 aliphatic heterocycles. The molecule has 3 aromatic rings. The summed E-state index contributed by atoms with van der Waals surface area (Å²) in [5.74, 6) is -2.35. The fourth-order valence-electron chi connectivity index (χ4n) is 2.31. The Hall–Kier alpha value is -2.88. The quantitative estimate of drug-likeness (QED) is 0.564. The van der Waals surface area contributed by atoms with Gasteiger partial charge in [0.1, 0.15) is 0 Å². The Morgan fingerprint density at radius 2 is 1.55 bits per heavy atom. The lowest BCUT2D eigenvalue weighted by Gasteiger charge is -2.01. The highest BCUT2D eigenvalue weighted by Gasteiger charge is 2.24. The molecule has 1 aromatic heterocycles. The van der Waals surface area contributed by atoms with E-state index in [1.165, 1.54) is 0 Å². The first-order valence-electron chi connectivity index (χ1n) is 6.12. The fourth-order valence-corrected chi connectivity index (χ4v) is 2.31. The summed E-state index contributed by atoms with van der Waals surface area (Å²) in [6, 6.07) is 16.4. The van der Waals surface area contributed by atoms with Crippen LogP contribution in [0, 0.1) is 0 Å². The third-order valence-electron chi connectivity index (χ3n) is 3.19. The maximum atomic E-state index is 12.0. The molecule has 2 aromatic carbocycles. The van der Waals surface area contributed by atoms with Crippen LogP contribution in [-0.4, -0.2) is 21.8 Å². The number of benzene rings is 2. The van der Waals surface area contributed by atoms with Gasteiger partial charge in [0.05, 0.1) is 11.3 Å². The number of Topliss-reactive ketones (excluding diaryl/α,β-unsaturated/α-hetero) is 1. The van der Waals surface area contributed by atoms with Crippen LogP contribution >= 0.6 is 0 Å². The van der Waals surface area contributed by atoms with E-state index in [4.69, 9.17) is 5.11 Å². The molecular weight excluding hydrogens is 254 g/mol. The number of fused-ring (bicyclic) bond motifs is 1. The van der Waals surface area contributed by atoms with Crippen molar-refractivity contribution in [1.29, 1.82) is 0 Å². The average molecular weight is 265 g/mol. The minimum atomic E-state index is -1.45. The van der Waals surface area contributed by atoms with Gasteiger partial charge in [0, 0.05) is 10.9 Å². The molecule has 1 heterocycles. The van der Waals surface area contributed by atoms with Gasteiger partial charge in [-0.25, -0.2) is 4.79 Å². The molecule has 0 unspecified atom stereocenters. The first-order chi connectivity index (χ1) is 9.68. The summed E-state index contributed by atoms with van der Waals surface area (Å²) in [4.78, 5) is 26.2. The summed E-state index contributed by atoms with van der Waals surface area (Å²) >= 11 is 0. The van der Waals surface area contributed by atoms with Gasteiger partial charge in [-0.3, -0.25) is 4.79 Å². The normalized spacial score (nSPS) is 10.6. The summed E-state index contributed by atoms with van der Waals surface area (Å²) in [5.41, 5.74) is 2.28. The lowest BCUT2D eigenvalue weighted by atomic mass is 10.0. The van der Waals surface area contributed by atoms with Crippen LogP contribution in [0.1, 0.15) is 10.4 Å². The number of aromatic amines is 1. The molecule has 0 fully saturated rings. The lowest BCUT2D eigenvalue weighted by molar-refractivity contribution is -0.131. The van der Waals surface area contributed by atoms with Crippen LogP contribution in [-0.2, 0) is 4.79 Å². The van der Waals surface area contributed by atoms with Gasteiger partial charge in [0.15, 0.2) is 0 Å². The highest BCUT2D eigenvalue weighted by Crippen LogP contribution is 2.30. The molecule has 0 saturated heterocycles. The Kier molecular flexibility index (Phi) is 2.84. The largest absolute Gasteiger partial charge is 0.475 e. The molecule has 0 saturated carbocycles. The van der Waals surface area contributed by atoms with E-state index in [-0.39, 0.29) is 5.56 Å². The zero-order valence-corrected chi connectivity index (χ0v) is 10.5. The number of carboxylic acids is 1. The van der Waals surface area contributed by atoms with Crippen molar-refractivity contribution < 1.29 is 14.7 Å². The van der Waals surface area contributed by atoms with Gasteiger partial charge in [0.2, 0.25) is 0 Å². The van der Waals surface area contributed by atoms with E-state index in [2.05, 4.69) is 4.98 Å². The second-order valence-electron chi connectivity index (χ2n) is 4.42. The standard InChI is InChI=1S/C16H11NO3/c18-15(16(19)20)13-11-8-4-5-9-12(11)17-14(13)10-6-2-1-3-7-10/h1-9,17H,(H,19,20). The van der Waals surface area contributed by atoms with E-state index in [1.807, 2.05) is 42.5 Å². The van der Waals surface area contributed by atoms with E-state index in [1.54, 1.807) is 12.1 Å². The van der Waals surface area contributed by atoms with Crippen molar-refractivity contribution in [2.45, 2.75) is 0 Å². The van der Waals surface area contributed by atoms with Gasteiger partial charge in [0.25, 0.3) is 5.78 Å². The predicted molar refractivity (Wildman–Crippen MR) is 75.7 cm³/mol. The number of aromatic nitrogens is 1. The van der Waals surface area contributed by atoms with E-state index in [0.29, 0.717) is 11.1 Å². The van der Waals surface area contributed by atoms with Crippen molar-refractivity contribution in [2.75, 3.05) is 0 Å². The Morgan fingerprint density at radius 3 is 2.25 bits per heavy atom. The van der Waals surface area contributed by atoms with E-state index < -0.39 is 11.8 Å². The molecule has 4 heteroatoms. The third kappa shape index (κ3) is 1.87. The molecule has 0 aliphatic rings. The van der Waals surface area contributed by atoms with Gasteiger partial charge in [-0.05, 0) is 11.6 Å². The third-order valence-corrected chi connectivity index (χ3v) is 3.19. The minimum absolute atomic E-state index is 0.208. The maximum absolute atomic E-state index is 12.0. The minimum Gasteiger partial charge on any atom is -0.475 e. The molecule has 0 bridgehead atoms. The predicted octanol–water partition coefficient (Wildman–Crippen LogP) is 3.10. The monoisotopic (exact) mass is 265 g/mol. The van der Waals surface area contributed by atoms with Crippen molar-refractivity contribution in [3.8, 4) is 11.3 Å². The molecule has 0 radical (unpaired) electrons. The van der Waals surface area contributed by atoms with Crippen LogP contribution in [0.15, 0.2) is 54.6 Å². The number of carbonyl (C=O) groups is 2. The van der Waals surface area contributed by atoms with Crippen molar-refractivity contribution in [1.82, 2.24) is 4.98 Å². The van der Waals surface area contributed by atoms with Crippen LogP contribution in [0.3, 0.4) is 0 Å². The van der Waals surface area contributed by atoms with Crippen molar-refractivity contribution in [3.05, 3.63) is 60.2 Å². The Morgan fingerprint density at radius 1 is 0.900 bits per heavy atom. The number of aliphatic carboxylic acids is 1. The summed E-state index contributed by atoms with van der Waals surface area (Å²) in [7, 11) is 0. The van der Waals surface area contributed by atoms with Crippen LogP contribution in [0.5, 0.6) is 0 Å². The zero-order chi connectivity index (χ0) is 14.1. The summed E-state index contributed by atoms with van der Waals surface area (Å²) < 4.78 is 0. The topological polar surface area (TPSA) is 70.2 Å². The second kappa shape index (κ2) is 4.66. The van der Waals surface area contributed by atoms with Gasteiger partial charge in [-0.15, -0.1) is 0 Å². The number of hydrogen-bond donors (Lipinski definition) is 2. The molecule has 3 rings (SSSR count). The number of carboxylic acid groups (broad SMARTS) is 1. The van der Waals surface area contributed by atoms with E-state index in [0.717, 1.165) is 11.1 Å². The van der Waals surface area contributed by atoms with Crippen molar-refractivity contribution in [3.63, 3.8) is 0 Å². The average Bonchev–Trinajstić information content (AvgIpc) is 2.86. The Balaban J connectivity index is 2.34. The van der Waals surface area contributed by atoms with Crippen LogP contribution in [0.25, 0.3) is 22.2 Å². The SMILES string of the molecule is O=C(O)C(=O)c1c(-c2ccccc2)[nH]c2ccccc12. The molecule has 0 amide bonds. The van der Waals surface area contributed by atoms with E-state index in [9.17, 15) is 9.59 Å². The van der Waals surface area contributed by atoms with Gasteiger partial charge < -0.3 is 10.1 Å². The van der Waals surface area contributed by atoms with Crippen molar-refractivity contribution >= 4 is 22.7 Å². The second-order valence-corrected chi connectivity index (χ2v) is 4.42. The molecular formula is C16H11NO3. The molecule has 20 heavy (non-hydrogen) atoms. The number of para-hydroxylation sites is 1. The number of hydrogen-bond acceptors (Lipinski definition) is 2. The Bertz CT molecular complexity index is 803. The van der Waals surface area contributed by atoms with Crippen molar-refractivity contribution in [2.24, 2.45) is 0 Å². The zero-order valence-electron chi connectivity index (χ0n) is 10.5. The fraction of sp³-hybridized carbons (Fsp3) is 0.